The van der Waals surface area contributed by atoms with Crippen LogP contribution in [0.1, 0.15) is 29.3 Å². The van der Waals surface area contributed by atoms with Gasteiger partial charge >= 0.3 is 6.03 Å². The predicted molar refractivity (Wildman–Crippen MR) is 125 cm³/mol. The Balaban J connectivity index is 1.56. The fourth-order valence-electron chi connectivity index (χ4n) is 3.99. The minimum absolute atomic E-state index is 0.201. The van der Waals surface area contributed by atoms with Crippen molar-refractivity contribution in [3.8, 4) is 11.4 Å². The van der Waals surface area contributed by atoms with Crippen LogP contribution >= 0.6 is 11.3 Å². The number of urea groups is 1. The Hall–Kier alpha value is -3.85. The number of carbonyl (C=O) groups is 1. The highest BCUT2D eigenvalue weighted by atomic mass is 32.1. The summed E-state index contributed by atoms with van der Waals surface area (Å²) in [7, 11) is 0. The zero-order valence-corrected chi connectivity index (χ0v) is 19.0. The lowest BCUT2D eigenvalue weighted by Gasteiger charge is -2.35. The number of hydrogen-bond donors (Lipinski definition) is 1. The number of rotatable bonds is 6. The molecule has 0 saturated heterocycles. The Morgan fingerprint density at radius 2 is 1.91 bits per heavy atom. The molecule has 6 nitrogen and oxygen atoms in total. The Labute approximate surface area is 198 Å². The first kappa shape index (κ1) is 22.0. The fourth-order valence-corrected chi connectivity index (χ4v) is 4.69. The second-order valence-electron chi connectivity index (χ2n) is 7.85. The van der Waals surface area contributed by atoms with Crippen molar-refractivity contribution in [1.82, 2.24) is 20.4 Å². The number of hydrogen-bond acceptors (Lipinski definition) is 5. The van der Waals surface area contributed by atoms with Crippen LogP contribution in [0, 0.1) is 11.6 Å². The molecule has 0 saturated carbocycles. The van der Waals surface area contributed by atoms with Crippen LogP contribution in [0.15, 0.2) is 76.3 Å². The van der Waals surface area contributed by atoms with Gasteiger partial charge in [0.2, 0.25) is 5.82 Å². The van der Waals surface area contributed by atoms with Crippen LogP contribution in [0.4, 0.5) is 13.6 Å². The third-order valence-corrected chi connectivity index (χ3v) is 6.64. The largest absolute Gasteiger partial charge is 0.334 e. The van der Waals surface area contributed by atoms with Crippen molar-refractivity contribution in [2.24, 2.45) is 0 Å². The molecule has 0 spiro atoms. The second kappa shape index (κ2) is 9.18. The van der Waals surface area contributed by atoms with Gasteiger partial charge in [0.25, 0.3) is 5.89 Å². The lowest BCUT2D eigenvalue weighted by Crippen LogP contribution is -2.46. The number of allylic oxidation sites excluding steroid dienone is 1. The van der Waals surface area contributed by atoms with Crippen LogP contribution in [0.3, 0.4) is 0 Å². The molecule has 4 aromatic rings. The lowest BCUT2D eigenvalue weighted by molar-refractivity contribution is 0.205. The number of nitrogens with one attached hydrogen (secondary N) is 1. The summed E-state index contributed by atoms with van der Waals surface area (Å²) in [5.74, 6) is -0.294. The van der Waals surface area contributed by atoms with Crippen LogP contribution in [-0.4, -0.2) is 27.6 Å². The molecule has 0 bridgehead atoms. The average molecular weight is 479 g/mol. The highest BCUT2D eigenvalue weighted by Gasteiger charge is 2.35. The van der Waals surface area contributed by atoms with E-state index in [1.54, 1.807) is 40.5 Å². The van der Waals surface area contributed by atoms with Gasteiger partial charge < -0.3 is 9.84 Å². The molecule has 0 fully saturated rings. The van der Waals surface area contributed by atoms with Gasteiger partial charge in [0.15, 0.2) is 0 Å². The summed E-state index contributed by atoms with van der Waals surface area (Å²) in [6, 6.07) is 14.8. The van der Waals surface area contributed by atoms with Crippen LogP contribution in [0.5, 0.6) is 0 Å². The number of thiophene rings is 1. The summed E-state index contributed by atoms with van der Waals surface area (Å²) < 4.78 is 33.0. The topological polar surface area (TPSA) is 71.3 Å². The molecule has 34 heavy (non-hydrogen) atoms. The molecule has 1 atom stereocenters. The van der Waals surface area contributed by atoms with Crippen LogP contribution in [0.25, 0.3) is 17.0 Å². The molecule has 0 radical (unpaired) electrons. The van der Waals surface area contributed by atoms with E-state index in [1.165, 1.54) is 24.3 Å². The maximum Gasteiger partial charge on any atom is 0.322 e. The molecule has 2 aromatic heterocycles. The van der Waals surface area contributed by atoms with Crippen LogP contribution < -0.4 is 5.32 Å². The van der Waals surface area contributed by atoms with E-state index in [0.29, 0.717) is 35.4 Å². The van der Waals surface area contributed by atoms with Gasteiger partial charge in [-0.1, -0.05) is 23.4 Å². The average Bonchev–Trinajstić information content (AvgIpc) is 3.52. The first-order valence-corrected chi connectivity index (χ1v) is 11.5. The lowest BCUT2D eigenvalue weighted by atomic mass is 9.94. The zero-order chi connectivity index (χ0) is 23.7. The summed E-state index contributed by atoms with van der Waals surface area (Å²) >= 11 is 1.63. The standard InChI is InChI=1S/C25H20F2N4O2S/c1-15-21(24-29-23(30-33-24)16-7-9-18(26)10-8-16)22(17-4-2-5-19(27)14-17)28-25(32)31(15)12-11-20-6-3-13-34-20/h2-10,13-14,22H,11-12H2,1H3,(H,28,32). The number of benzene rings is 2. The second-order valence-corrected chi connectivity index (χ2v) is 8.88. The van der Waals surface area contributed by atoms with E-state index in [1.807, 2.05) is 24.4 Å². The highest BCUT2D eigenvalue weighted by molar-refractivity contribution is 7.09. The first-order chi connectivity index (χ1) is 16.5. The van der Waals surface area contributed by atoms with E-state index in [-0.39, 0.29) is 23.6 Å². The number of amides is 2. The molecular formula is C25H20F2N4O2S. The van der Waals surface area contributed by atoms with Crippen molar-refractivity contribution >= 4 is 22.9 Å². The quantitative estimate of drug-likeness (QED) is 0.379. The molecule has 0 aliphatic carbocycles. The maximum absolute atomic E-state index is 14.0. The van der Waals surface area contributed by atoms with Crippen LogP contribution in [-0.2, 0) is 6.42 Å². The van der Waals surface area contributed by atoms with E-state index >= 15 is 0 Å². The summed E-state index contributed by atoms with van der Waals surface area (Å²) in [5, 5.41) is 9.01. The van der Waals surface area contributed by atoms with Crippen molar-refractivity contribution in [2.45, 2.75) is 19.4 Å². The smallest absolute Gasteiger partial charge is 0.322 e. The molecule has 5 rings (SSSR count). The van der Waals surface area contributed by atoms with Gasteiger partial charge in [0, 0.05) is 22.7 Å². The number of nitrogens with zero attached hydrogens (tertiary/aromatic N) is 3. The number of carbonyl (C=O) groups excluding carboxylic acids is 1. The minimum atomic E-state index is -0.678. The Morgan fingerprint density at radius 1 is 1.09 bits per heavy atom. The van der Waals surface area contributed by atoms with Gasteiger partial charge in [0.05, 0.1) is 11.6 Å². The summed E-state index contributed by atoms with van der Waals surface area (Å²) in [4.78, 5) is 20.4. The van der Waals surface area contributed by atoms with Gasteiger partial charge in [-0.25, -0.2) is 13.6 Å². The van der Waals surface area contributed by atoms with Gasteiger partial charge in [-0.05, 0) is 66.8 Å². The molecule has 2 aromatic carbocycles. The summed E-state index contributed by atoms with van der Waals surface area (Å²) in [6.07, 6.45) is 0.686. The third-order valence-electron chi connectivity index (χ3n) is 5.70. The van der Waals surface area contributed by atoms with Gasteiger partial charge in [-0.2, -0.15) is 4.98 Å². The van der Waals surface area contributed by atoms with Crippen LogP contribution in [0.2, 0.25) is 0 Å². The molecule has 3 heterocycles. The summed E-state index contributed by atoms with van der Waals surface area (Å²) in [6.45, 7) is 2.27. The molecule has 9 heteroatoms. The molecule has 1 aliphatic rings. The van der Waals surface area contributed by atoms with E-state index in [9.17, 15) is 13.6 Å². The normalized spacial score (nSPS) is 16.1. The third kappa shape index (κ3) is 4.34. The maximum atomic E-state index is 14.0. The van der Waals surface area contributed by atoms with Crippen molar-refractivity contribution in [1.29, 1.82) is 0 Å². The molecule has 1 unspecified atom stereocenters. The monoisotopic (exact) mass is 478 g/mol. The minimum Gasteiger partial charge on any atom is -0.334 e. The zero-order valence-electron chi connectivity index (χ0n) is 18.2. The molecular weight excluding hydrogens is 458 g/mol. The Kier molecular flexibility index (Phi) is 5.93. The molecule has 1 N–H and O–H groups in total. The van der Waals surface area contributed by atoms with E-state index in [4.69, 9.17) is 4.52 Å². The number of aromatic nitrogens is 2. The van der Waals surface area contributed by atoms with E-state index in [0.717, 1.165) is 4.88 Å². The van der Waals surface area contributed by atoms with Gasteiger partial charge in [-0.15, -0.1) is 11.3 Å². The van der Waals surface area contributed by atoms with Gasteiger partial charge in [-0.3, -0.25) is 4.90 Å². The molecule has 1 aliphatic heterocycles. The molecule has 2 amide bonds. The number of halogens is 2. The Bertz CT molecular complexity index is 1350. The highest BCUT2D eigenvalue weighted by Crippen LogP contribution is 2.37. The van der Waals surface area contributed by atoms with Crippen molar-refractivity contribution in [2.75, 3.05) is 6.54 Å². The predicted octanol–water partition coefficient (Wildman–Crippen LogP) is 5.82. The van der Waals surface area contributed by atoms with Crippen molar-refractivity contribution < 1.29 is 18.1 Å². The molecule has 172 valence electrons. The van der Waals surface area contributed by atoms with Crippen molar-refractivity contribution in [3.05, 3.63) is 99.7 Å². The van der Waals surface area contributed by atoms with Gasteiger partial charge in [0.1, 0.15) is 11.6 Å². The van der Waals surface area contributed by atoms with Crippen molar-refractivity contribution in [3.63, 3.8) is 0 Å². The SMILES string of the molecule is CC1=C(c2nc(-c3ccc(F)cc3)no2)C(c2cccc(F)c2)NC(=O)N1CCc1cccs1. The fraction of sp³-hybridized carbons (Fsp3) is 0.160. The first-order valence-electron chi connectivity index (χ1n) is 10.7. The van der Waals surface area contributed by atoms with E-state index in [2.05, 4.69) is 15.5 Å². The Morgan fingerprint density at radius 3 is 2.65 bits per heavy atom. The summed E-state index contributed by atoms with van der Waals surface area (Å²) in [5.41, 5.74) is 2.37. The van der Waals surface area contributed by atoms with E-state index < -0.39 is 11.9 Å².